The Morgan fingerprint density at radius 1 is 1.15 bits per heavy atom. The molecule has 27 heavy (non-hydrogen) atoms. The monoisotopic (exact) mass is 364 g/mol. The van der Waals surface area contributed by atoms with Crippen LogP contribution in [0.1, 0.15) is 24.6 Å². The molecule has 1 aromatic heterocycles. The molecule has 0 radical (unpaired) electrons. The van der Waals surface area contributed by atoms with Gasteiger partial charge in [0.05, 0.1) is 18.5 Å². The highest BCUT2D eigenvalue weighted by Gasteiger charge is 2.17. The fourth-order valence-corrected chi connectivity index (χ4v) is 2.90. The van der Waals surface area contributed by atoms with E-state index in [4.69, 9.17) is 4.74 Å². The number of aryl methyl sites for hydroxylation is 2. The number of nitrogens with one attached hydrogen (secondary N) is 3. The van der Waals surface area contributed by atoms with Crippen LogP contribution in [0.5, 0.6) is 5.75 Å². The molecule has 3 rings (SSSR count). The van der Waals surface area contributed by atoms with Gasteiger partial charge in [-0.25, -0.2) is 4.79 Å². The van der Waals surface area contributed by atoms with Gasteiger partial charge in [0.1, 0.15) is 11.4 Å². The van der Waals surface area contributed by atoms with Crippen LogP contribution in [0.15, 0.2) is 48.5 Å². The number of carbonyl (C=O) groups is 1. The van der Waals surface area contributed by atoms with Crippen molar-refractivity contribution in [3.63, 3.8) is 0 Å². The normalized spacial score (nSPS) is 10.5. The fraction of sp³-hybridized carbons (Fsp3) is 0.238. The summed E-state index contributed by atoms with van der Waals surface area (Å²) in [6, 6.07) is 15.0. The zero-order valence-corrected chi connectivity index (χ0v) is 15.8. The maximum Gasteiger partial charge on any atom is 0.323 e. The lowest BCUT2D eigenvalue weighted by molar-refractivity contribution is 0.262. The van der Waals surface area contributed by atoms with Gasteiger partial charge < -0.3 is 15.4 Å². The number of hydrogen-bond donors (Lipinski definition) is 3. The third-order valence-corrected chi connectivity index (χ3v) is 4.32. The van der Waals surface area contributed by atoms with Gasteiger partial charge in [-0.2, -0.15) is 5.10 Å². The molecule has 0 aliphatic carbocycles. The third kappa shape index (κ3) is 4.28. The molecule has 0 unspecified atom stereocenters. The van der Waals surface area contributed by atoms with E-state index >= 15 is 0 Å². The van der Waals surface area contributed by atoms with Gasteiger partial charge in [-0.3, -0.25) is 5.10 Å². The smallest absolute Gasteiger partial charge is 0.323 e. The Hall–Kier alpha value is -3.28. The van der Waals surface area contributed by atoms with E-state index in [0.717, 1.165) is 41.1 Å². The van der Waals surface area contributed by atoms with Crippen LogP contribution in [0.25, 0.3) is 11.3 Å². The third-order valence-electron chi connectivity index (χ3n) is 4.32. The number of carbonyl (C=O) groups excluding carboxylic acids is 1. The maximum atomic E-state index is 12.6. The summed E-state index contributed by atoms with van der Waals surface area (Å²) in [5.74, 6) is 0.739. The second-order valence-corrected chi connectivity index (χ2v) is 6.30. The number of aromatic amines is 1. The molecule has 2 amide bonds. The van der Waals surface area contributed by atoms with Crippen molar-refractivity contribution in [2.45, 2.75) is 26.7 Å². The zero-order chi connectivity index (χ0) is 19.2. The number of nitrogens with zero attached hydrogens (tertiary/aromatic N) is 1. The molecule has 6 heteroatoms. The van der Waals surface area contributed by atoms with Crippen LogP contribution in [0.3, 0.4) is 0 Å². The van der Waals surface area contributed by atoms with Crippen LogP contribution < -0.4 is 15.4 Å². The predicted octanol–water partition coefficient (Wildman–Crippen LogP) is 4.99. The molecule has 140 valence electrons. The van der Waals surface area contributed by atoms with E-state index in [9.17, 15) is 4.79 Å². The van der Waals surface area contributed by atoms with Crippen LogP contribution in [0.2, 0.25) is 0 Å². The van der Waals surface area contributed by atoms with E-state index in [1.54, 1.807) is 7.11 Å². The molecule has 0 atom stereocenters. The molecule has 0 aliphatic rings. The van der Waals surface area contributed by atoms with Gasteiger partial charge in [-0.1, -0.05) is 43.7 Å². The van der Waals surface area contributed by atoms with Gasteiger partial charge in [0.25, 0.3) is 0 Å². The minimum absolute atomic E-state index is 0.299. The molecule has 0 aliphatic heterocycles. The Balaban J connectivity index is 1.89. The summed E-state index contributed by atoms with van der Waals surface area (Å²) in [6.07, 6.45) is 1.73. The van der Waals surface area contributed by atoms with Crippen LogP contribution in [0.4, 0.5) is 16.2 Å². The van der Waals surface area contributed by atoms with Gasteiger partial charge >= 0.3 is 6.03 Å². The molecule has 0 saturated carbocycles. The first-order valence-corrected chi connectivity index (χ1v) is 8.97. The lowest BCUT2D eigenvalue weighted by Crippen LogP contribution is -2.20. The summed E-state index contributed by atoms with van der Waals surface area (Å²) in [5, 5.41) is 13.4. The number of benzene rings is 2. The van der Waals surface area contributed by atoms with Crippen molar-refractivity contribution < 1.29 is 9.53 Å². The second kappa shape index (κ2) is 8.40. The number of ether oxygens (including phenoxy) is 1. The van der Waals surface area contributed by atoms with E-state index in [2.05, 4.69) is 27.8 Å². The molecule has 0 fully saturated rings. The van der Waals surface area contributed by atoms with Gasteiger partial charge in [0.15, 0.2) is 0 Å². The first-order valence-electron chi connectivity index (χ1n) is 8.97. The molecule has 0 spiro atoms. The van der Waals surface area contributed by atoms with Crippen molar-refractivity contribution in [2.24, 2.45) is 0 Å². The molecular weight excluding hydrogens is 340 g/mol. The van der Waals surface area contributed by atoms with Crippen molar-refractivity contribution in [3.05, 3.63) is 59.8 Å². The number of para-hydroxylation sites is 1. The highest BCUT2D eigenvalue weighted by atomic mass is 16.5. The maximum absolute atomic E-state index is 12.6. The van der Waals surface area contributed by atoms with E-state index in [0.29, 0.717) is 11.4 Å². The predicted molar refractivity (Wildman–Crippen MR) is 108 cm³/mol. The van der Waals surface area contributed by atoms with Crippen LogP contribution in [-0.2, 0) is 6.42 Å². The van der Waals surface area contributed by atoms with Crippen molar-refractivity contribution >= 4 is 17.4 Å². The Labute approximate surface area is 159 Å². The first-order chi connectivity index (χ1) is 13.1. The molecule has 3 N–H and O–H groups in total. The number of amides is 2. The van der Waals surface area contributed by atoms with Crippen molar-refractivity contribution in [1.29, 1.82) is 0 Å². The minimum Gasteiger partial charge on any atom is -0.497 e. The van der Waals surface area contributed by atoms with Gasteiger partial charge in [-0.15, -0.1) is 0 Å². The highest BCUT2D eigenvalue weighted by Crippen LogP contribution is 2.31. The lowest BCUT2D eigenvalue weighted by Gasteiger charge is -2.11. The molecule has 1 heterocycles. The van der Waals surface area contributed by atoms with Gasteiger partial charge in [0.2, 0.25) is 0 Å². The topological polar surface area (TPSA) is 79.0 Å². The average molecular weight is 364 g/mol. The Bertz CT molecular complexity index is 933. The summed E-state index contributed by atoms with van der Waals surface area (Å²) in [5.41, 5.74) is 4.93. The standard InChI is InChI=1S/C21H24N4O2/c1-4-8-18-20(23-21(26)22-17-12-6-5-9-14(17)2)19(25-24-18)15-10-7-11-16(13-15)27-3/h5-7,9-13H,4,8H2,1-3H3,(H,24,25)(H2,22,23,26). The molecule has 2 aromatic carbocycles. The average Bonchev–Trinajstić information content (AvgIpc) is 3.06. The summed E-state index contributed by atoms with van der Waals surface area (Å²) in [7, 11) is 1.63. The number of rotatable bonds is 6. The number of H-pyrrole nitrogens is 1. The molecule has 3 aromatic rings. The lowest BCUT2D eigenvalue weighted by atomic mass is 10.1. The number of hydrogen-bond acceptors (Lipinski definition) is 3. The number of methoxy groups -OCH3 is 1. The van der Waals surface area contributed by atoms with Crippen molar-refractivity contribution in [1.82, 2.24) is 10.2 Å². The fourth-order valence-electron chi connectivity index (χ4n) is 2.90. The second-order valence-electron chi connectivity index (χ2n) is 6.30. The molecular formula is C21H24N4O2. The minimum atomic E-state index is -0.299. The summed E-state index contributed by atoms with van der Waals surface area (Å²) < 4.78 is 5.31. The molecule has 6 nitrogen and oxygen atoms in total. The largest absolute Gasteiger partial charge is 0.497 e. The Morgan fingerprint density at radius 2 is 1.96 bits per heavy atom. The Morgan fingerprint density at radius 3 is 2.70 bits per heavy atom. The Kier molecular flexibility index (Phi) is 5.76. The van der Waals surface area contributed by atoms with Crippen molar-refractivity contribution in [2.75, 3.05) is 17.7 Å². The molecule has 0 bridgehead atoms. The highest BCUT2D eigenvalue weighted by molar-refractivity contribution is 6.02. The quantitative estimate of drug-likeness (QED) is 0.576. The summed E-state index contributed by atoms with van der Waals surface area (Å²) in [6.45, 7) is 4.04. The van der Waals surface area contributed by atoms with Crippen LogP contribution >= 0.6 is 0 Å². The van der Waals surface area contributed by atoms with E-state index in [-0.39, 0.29) is 6.03 Å². The zero-order valence-electron chi connectivity index (χ0n) is 15.8. The van der Waals surface area contributed by atoms with E-state index < -0.39 is 0 Å². The number of aromatic nitrogens is 2. The molecule has 0 saturated heterocycles. The van der Waals surface area contributed by atoms with Crippen LogP contribution in [-0.4, -0.2) is 23.3 Å². The summed E-state index contributed by atoms with van der Waals surface area (Å²) >= 11 is 0. The number of urea groups is 1. The van der Waals surface area contributed by atoms with E-state index in [1.165, 1.54) is 0 Å². The summed E-state index contributed by atoms with van der Waals surface area (Å²) in [4.78, 5) is 12.6. The van der Waals surface area contributed by atoms with Crippen molar-refractivity contribution in [3.8, 4) is 17.0 Å². The first kappa shape index (κ1) is 18.5. The van der Waals surface area contributed by atoms with Gasteiger partial charge in [0, 0.05) is 11.3 Å². The van der Waals surface area contributed by atoms with Gasteiger partial charge in [-0.05, 0) is 37.1 Å². The SMILES string of the molecule is CCCc1[nH]nc(-c2cccc(OC)c2)c1NC(=O)Nc1ccccc1C. The number of anilines is 2. The van der Waals surface area contributed by atoms with Crippen LogP contribution in [0, 0.1) is 6.92 Å². The van der Waals surface area contributed by atoms with E-state index in [1.807, 2.05) is 55.5 Å².